The first-order chi connectivity index (χ1) is 8.13. The van der Waals surface area contributed by atoms with Crippen LogP contribution in [0.4, 0.5) is 0 Å². The first kappa shape index (κ1) is 13.7. The smallest absolute Gasteiger partial charge is 0.251 e. The van der Waals surface area contributed by atoms with Gasteiger partial charge in [-0.15, -0.1) is 0 Å². The molecule has 0 unspecified atom stereocenters. The van der Waals surface area contributed by atoms with Crippen LogP contribution in [-0.2, 0) is 11.3 Å². The summed E-state index contributed by atoms with van der Waals surface area (Å²) in [6.07, 6.45) is 1.01. The lowest BCUT2D eigenvalue weighted by molar-refractivity contribution is 0.0952. The molecule has 17 heavy (non-hydrogen) atoms. The molecule has 1 rings (SSSR count). The molecule has 1 aromatic rings. The summed E-state index contributed by atoms with van der Waals surface area (Å²) in [5.41, 5.74) is 1.78. The Morgan fingerprint density at radius 1 is 1.29 bits per heavy atom. The quantitative estimate of drug-likeness (QED) is 0.823. The van der Waals surface area contributed by atoms with Gasteiger partial charge < -0.3 is 10.1 Å². The van der Waals surface area contributed by atoms with E-state index in [1.165, 1.54) is 0 Å². The molecule has 0 saturated carbocycles. The van der Waals surface area contributed by atoms with Crippen LogP contribution >= 0.6 is 0 Å². The van der Waals surface area contributed by atoms with Gasteiger partial charge in [-0.1, -0.05) is 26.0 Å². The van der Waals surface area contributed by atoms with Crippen molar-refractivity contribution in [1.29, 1.82) is 0 Å². The van der Waals surface area contributed by atoms with Crippen molar-refractivity contribution in [3.63, 3.8) is 0 Å². The van der Waals surface area contributed by atoms with E-state index in [9.17, 15) is 4.79 Å². The van der Waals surface area contributed by atoms with E-state index in [1.54, 1.807) is 7.11 Å². The predicted octanol–water partition coefficient (Wildman–Crippen LogP) is 2.61. The second kappa shape index (κ2) is 7.07. The van der Waals surface area contributed by atoms with Gasteiger partial charge in [-0.2, -0.15) is 0 Å². The summed E-state index contributed by atoms with van der Waals surface area (Å²) in [4.78, 5) is 11.8. The molecule has 0 aliphatic carbocycles. The van der Waals surface area contributed by atoms with Crippen molar-refractivity contribution in [3.05, 3.63) is 35.4 Å². The molecule has 0 atom stereocenters. The second-order valence-electron chi connectivity index (χ2n) is 4.57. The summed E-state index contributed by atoms with van der Waals surface area (Å²) >= 11 is 0. The van der Waals surface area contributed by atoms with Gasteiger partial charge in [-0.05, 0) is 30.0 Å². The fourth-order valence-electron chi connectivity index (χ4n) is 1.50. The number of amides is 1. The number of carbonyl (C=O) groups excluding carboxylic acids is 1. The molecule has 0 saturated heterocycles. The maximum absolute atomic E-state index is 11.8. The third-order valence-electron chi connectivity index (χ3n) is 2.53. The van der Waals surface area contributed by atoms with Crippen molar-refractivity contribution in [2.45, 2.75) is 26.9 Å². The number of carbonyl (C=O) groups is 1. The zero-order chi connectivity index (χ0) is 12.7. The van der Waals surface area contributed by atoms with Crippen LogP contribution in [-0.4, -0.2) is 19.6 Å². The molecule has 1 amide bonds. The Kier molecular flexibility index (Phi) is 5.70. The summed E-state index contributed by atoms with van der Waals surface area (Å²) in [6, 6.07) is 7.50. The Balaban J connectivity index is 2.46. The number of hydrogen-bond acceptors (Lipinski definition) is 2. The standard InChI is InChI=1S/C14H21NO2/c1-11(2)8-9-15-14(16)13-6-4-12(5-7-13)10-17-3/h4-7,11H,8-10H2,1-3H3,(H,15,16). The maximum Gasteiger partial charge on any atom is 0.251 e. The van der Waals surface area contributed by atoms with Crippen molar-refractivity contribution in [2.24, 2.45) is 5.92 Å². The monoisotopic (exact) mass is 235 g/mol. The Labute approximate surface area is 103 Å². The van der Waals surface area contributed by atoms with Gasteiger partial charge in [-0.3, -0.25) is 4.79 Å². The average molecular weight is 235 g/mol. The van der Waals surface area contributed by atoms with Gasteiger partial charge in [0.1, 0.15) is 0 Å². The zero-order valence-corrected chi connectivity index (χ0v) is 10.8. The topological polar surface area (TPSA) is 38.3 Å². The molecule has 0 radical (unpaired) electrons. The van der Waals surface area contributed by atoms with Gasteiger partial charge in [0.25, 0.3) is 5.91 Å². The molecule has 0 heterocycles. The minimum atomic E-state index is -0.00498. The number of ether oxygens (including phenoxy) is 1. The van der Waals surface area contributed by atoms with Crippen molar-refractivity contribution in [1.82, 2.24) is 5.32 Å². The molecule has 0 aliphatic heterocycles. The van der Waals surface area contributed by atoms with E-state index in [1.807, 2.05) is 24.3 Å². The Morgan fingerprint density at radius 2 is 1.94 bits per heavy atom. The molecule has 1 N–H and O–H groups in total. The van der Waals surface area contributed by atoms with Crippen molar-refractivity contribution in [3.8, 4) is 0 Å². The van der Waals surface area contributed by atoms with Gasteiger partial charge in [0, 0.05) is 19.2 Å². The Bertz CT molecular complexity index is 344. The maximum atomic E-state index is 11.8. The highest BCUT2D eigenvalue weighted by Crippen LogP contribution is 2.05. The van der Waals surface area contributed by atoms with E-state index < -0.39 is 0 Å². The number of methoxy groups -OCH3 is 1. The van der Waals surface area contributed by atoms with E-state index in [2.05, 4.69) is 19.2 Å². The van der Waals surface area contributed by atoms with Gasteiger partial charge in [0.05, 0.1) is 6.61 Å². The summed E-state index contributed by atoms with van der Waals surface area (Å²) in [5.74, 6) is 0.606. The van der Waals surface area contributed by atoms with E-state index >= 15 is 0 Å². The van der Waals surface area contributed by atoms with Crippen molar-refractivity contribution < 1.29 is 9.53 Å². The fraction of sp³-hybridized carbons (Fsp3) is 0.500. The van der Waals surface area contributed by atoms with E-state index in [0.717, 1.165) is 18.5 Å². The van der Waals surface area contributed by atoms with Gasteiger partial charge in [-0.25, -0.2) is 0 Å². The van der Waals surface area contributed by atoms with E-state index in [-0.39, 0.29) is 5.91 Å². The highest BCUT2D eigenvalue weighted by atomic mass is 16.5. The van der Waals surface area contributed by atoms with Crippen molar-refractivity contribution in [2.75, 3.05) is 13.7 Å². The van der Waals surface area contributed by atoms with Crippen molar-refractivity contribution >= 4 is 5.91 Å². The van der Waals surface area contributed by atoms with Crippen LogP contribution in [0.2, 0.25) is 0 Å². The van der Waals surface area contributed by atoms with Gasteiger partial charge in [0.15, 0.2) is 0 Å². The summed E-state index contributed by atoms with van der Waals surface area (Å²) in [6.45, 7) is 5.60. The van der Waals surface area contributed by atoms with E-state index in [4.69, 9.17) is 4.74 Å². The predicted molar refractivity (Wildman–Crippen MR) is 68.9 cm³/mol. The molecule has 0 bridgehead atoms. The molecule has 3 heteroatoms. The molecular formula is C14H21NO2. The van der Waals surface area contributed by atoms with Crippen LogP contribution < -0.4 is 5.32 Å². The fourth-order valence-corrected chi connectivity index (χ4v) is 1.50. The van der Waals surface area contributed by atoms with Crippen LogP contribution in [0.15, 0.2) is 24.3 Å². The normalized spacial score (nSPS) is 10.6. The Morgan fingerprint density at radius 3 is 2.47 bits per heavy atom. The van der Waals surface area contributed by atoms with Gasteiger partial charge in [0.2, 0.25) is 0 Å². The third kappa shape index (κ3) is 5.00. The number of nitrogens with one attached hydrogen (secondary N) is 1. The molecule has 0 spiro atoms. The van der Waals surface area contributed by atoms with Crippen LogP contribution in [0.25, 0.3) is 0 Å². The highest BCUT2D eigenvalue weighted by molar-refractivity contribution is 5.94. The highest BCUT2D eigenvalue weighted by Gasteiger charge is 2.04. The summed E-state index contributed by atoms with van der Waals surface area (Å²) < 4.78 is 5.02. The summed E-state index contributed by atoms with van der Waals surface area (Å²) in [7, 11) is 1.66. The lowest BCUT2D eigenvalue weighted by Gasteiger charge is -2.07. The molecule has 94 valence electrons. The largest absolute Gasteiger partial charge is 0.380 e. The number of benzene rings is 1. The lowest BCUT2D eigenvalue weighted by atomic mass is 10.1. The lowest BCUT2D eigenvalue weighted by Crippen LogP contribution is -2.25. The van der Waals surface area contributed by atoms with Crippen LogP contribution in [0.1, 0.15) is 36.2 Å². The second-order valence-corrected chi connectivity index (χ2v) is 4.57. The molecule has 0 aliphatic rings. The summed E-state index contributed by atoms with van der Waals surface area (Å²) in [5, 5.41) is 2.91. The number of rotatable bonds is 6. The van der Waals surface area contributed by atoms with Crippen LogP contribution in [0.5, 0.6) is 0 Å². The van der Waals surface area contributed by atoms with Crippen LogP contribution in [0.3, 0.4) is 0 Å². The first-order valence-corrected chi connectivity index (χ1v) is 5.99. The minimum absolute atomic E-state index is 0.00498. The van der Waals surface area contributed by atoms with Crippen LogP contribution in [0, 0.1) is 5.92 Å². The Hall–Kier alpha value is -1.35. The first-order valence-electron chi connectivity index (χ1n) is 5.99. The average Bonchev–Trinajstić information content (AvgIpc) is 2.30. The molecule has 3 nitrogen and oxygen atoms in total. The van der Waals surface area contributed by atoms with E-state index in [0.29, 0.717) is 18.1 Å². The SMILES string of the molecule is COCc1ccc(C(=O)NCCC(C)C)cc1. The van der Waals surface area contributed by atoms with Gasteiger partial charge >= 0.3 is 0 Å². The molecule has 0 fully saturated rings. The minimum Gasteiger partial charge on any atom is -0.380 e. The molecule has 1 aromatic carbocycles. The molecular weight excluding hydrogens is 214 g/mol. The zero-order valence-electron chi connectivity index (χ0n) is 10.8. The molecule has 0 aromatic heterocycles. The third-order valence-corrected chi connectivity index (χ3v) is 2.53. The number of hydrogen-bond donors (Lipinski definition) is 1.